The summed E-state index contributed by atoms with van der Waals surface area (Å²) in [7, 11) is -2.90. The minimum Gasteiger partial charge on any atom is -0.384 e. The molecule has 1 fully saturated rings. The standard InChI is InChI=1S/C16H26N2O2S/c1-2-13-21(19,20)14-10-17-15-6-8-16(9-7-15)18-11-4-3-5-12-18/h6-9,17H,2-5,10-14H2,1H3. The third kappa shape index (κ3) is 5.23. The van der Waals surface area contributed by atoms with E-state index < -0.39 is 9.84 Å². The van der Waals surface area contributed by atoms with E-state index in [1.54, 1.807) is 0 Å². The van der Waals surface area contributed by atoms with Crippen LogP contribution < -0.4 is 10.2 Å². The van der Waals surface area contributed by atoms with Crippen LogP contribution in [0.5, 0.6) is 0 Å². The van der Waals surface area contributed by atoms with Crippen LogP contribution in [0.2, 0.25) is 0 Å². The summed E-state index contributed by atoms with van der Waals surface area (Å²) in [6.07, 6.45) is 4.57. The van der Waals surface area contributed by atoms with Crippen molar-refractivity contribution in [1.82, 2.24) is 0 Å². The van der Waals surface area contributed by atoms with E-state index in [1.807, 2.05) is 19.1 Å². The number of piperidine rings is 1. The number of anilines is 2. The molecule has 1 aromatic carbocycles. The van der Waals surface area contributed by atoms with Crippen molar-refractivity contribution in [3.63, 3.8) is 0 Å². The molecule has 1 saturated heterocycles. The molecule has 118 valence electrons. The van der Waals surface area contributed by atoms with Crippen LogP contribution in [0.15, 0.2) is 24.3 Å². The lowest BCUT2D eigenvalue weighted by Gasteiger charge is -2.28. The summed E-state index contributed by atoms with van der Waals surface area (Å²) < 4.78 is 23.3. The number of sulfone groups is 1. The van der Waals surface area contributed by atoms with Gasteiger partial charge in [0.1, 0.15) is 0 Å². The molecular formula is C16H26N2O2S. The van der Waals surface area contributed by atoms with E-state index in [0.29, 0.717) is 13.0 Å². The molecule has 1 heterocycles. The lowest BCUT2D eigenvalue weighted by molar-refractivity contribution is 0.578. The Morgan fingerprint density at radius 2 is 1.71 bits per heavy atom. The van der Waals surface area contributed by atoms with Gasteiger partial charge in [0.2, 0.25) is 0 Å². The fourth-order valence-corrected chi connectivity index (χ4v) is 3.95. The van der Waals surface area contributed by atoms with Crippen molar-refractivity contribution in [3.05, 3.63) is 24.3 Å². The predicted molar refractivity (Wildman–Crippen MR) is 89.9 cm³/mol. The maximum Gasteiger partial charge on any atom is 0.152 e. The Balaban J connectivity index is 1.82. The molecule has 0 spiro atoms. The van der Waals surface area contributed by atoms with Crippen LogP contribution in [0.1, 0.15) is 32.6 Å². The second-order valence-electron chi connectivity index (χ2n) is 5.67. The van der Waals surface area contributed by atoms with Crippen LogP contribution in [-0.2, 0) is 9.84 Å². The fraction of sp³-hybridized carbons (Fsp3) is 0.625. The van der Waals surface area contributed by atoms with Crippen molar-refractivity contribution in [2.75, 3.05) is 41.4 Å². The zero-order chi connectivity index (χ0) is 15.1. The largest absolute Gasteiger partial charge is 0.384 e. The average molecular weight is 310 g/mol. The molecule has 0 aliphatic carbocycles. The van der Waals surface area contributed by atoms with Crippen molar-refractivity contribution < 1.29 is 8.42 Å². The molecule has 0 saturated carbocycles. The van der Waals surface area contributed by atoms with Crippen molar-refractivity contribution in [1.29, 1.82) is 0 Å². The van der Waals surface area contributed by atoms with Crippen LogP contribution >= 0.6 is 0 Å². The first-order valence-corrected chi connectivity index (χ1v) is 9.72. The molecule has 1 aromatic rings. The maximum absolute atomic E-state index is 11.6. The number of hydrogen-bond acceptors (Lipinski definition) is 4. The first-order valence-electron chi connectivity index (χ1n) is 7.90. The number of nitrogens with zero attached hydrogens (tertiary/aromatic N) is 1. The van der Waals surface area contributed by atoms with E-state index in [9.17, 15) is 8.42 Å². The van der Waals surface area contributed by atoms with E-state index in [4.69, 9.17) is 0 Å². The summed E-state index contributed by atoms with van der Waals surface area (Å²) in [5.41, 5.74) is 2.25. The minimum absolute atomic E-state index is 0.203. The first kappa shape index (κ1) is 16.1. The molecular weight excluding hydrogens is 284 g/mol. The van der Waals surface area contributed by atoms with Crippen LogP contribution in [0.25, 0.3) is 0 Å². The normalized spacial score (nSPS) is 16.0. The molecule has 21 heavy (non-hydrogen) atoms. The highest BCUT2D eigenvalue weighted by Crippen LogP contribution is 2.21. The first-order chi connectivity index (χ1) is 10.1. The number of nitrogens with one attached hydrogen (secondary N) is 1. The van der Waals surface area contributed by atoms with Gasteiger partial charge in [0.15, 0.2) is 9.84 Å². The summed E-state index contributed by atoms with van der Waals surface area (Å²) in [6, 6.07) is 8.31. The van der Waals surface area contributed by atoms with Gasteiger partial charge in [-0.15, -0.1) is 0 Å². The van der Waals surface area contributed by atoms with Crippen molar-refractivity contribution in [2.45, 2.75) is 32.6 Å². The Hall–Kier alpha value is -1.23. The summed E-state index contributed by atoms with van der Waals surface area (Å²) in [4.78, 5) is 2.42. The summed E-state index contributed by atoms with van der Waals surface area (Å²) in [5, 5.41) is 3.19. The second-order valence-corrected chi connectivity index (χ2v) is 7.98. The van der Waals surface area contributed by atoms with E-state index >= 15 is 0 Å². The number of hydrogen-bond donors (Lipinski definition) is 1. The van der Waals surface area contributed by atoms with Crippen molar-refractivity contribution in [3.8, 4) is 0 Å². The third-order valence-electron chi connectivity index (χ3n) is 3.85. The van der Waals surface area contributed by atoms with Crippen molar-refractivity contribution >= 4 is 21.2 Å². The highest BCUT2D eigenvalue weighted by atomic mass is 32.2. The van der Waals surface area contributed by atoms with Gasteiger partial charge in [-0.05, 0) is 49.9 Å². The molecule has 0 unspecified atom stereocenters. The molecule has 2 rings (SSSR count). The Labute approximate surface area is 128 Å². The molecule has 0 amide bonds. The topological polar surface area (TPSA) is 49.4 Å². The van der Waals surface area contributed by atoms with Crippen LogP contribution in [0.4, 0.5) is 11.4 Å². The minimum atomic E-state index is -2.90. The van der Waals surface area contributed by atoms with Crippen LogP contribution in [0, 0.1) is 0 Å². The summed E-state index contributed by atoms with van der Waals surface area (Å²) >= 11 is 0. The average Bonchev–Trinajstić information content (AvgIpc) is 2.48. The second kappa shape index (κ2) is 7.69. The molecule has 4 nitrogen and oxygen atoms in total. The van der Waals surface area contributed by atoms with Gasteiger partial charge in [0, 0.05) is 36.8 Å². The lowest BCUT2D eigenvalue weighted by atomic mass is 10.1. The zero-order valence-corrected chi connectivity index (χ0v) is 13.7. The third-order valence-corrected chi connectivity index (χ3v) is 5.70. The molecule has 0 aromatic heterocycles. The van der Waals surface area contributed by atoms with Gasteiger partial charge in [0.05, 0.1) is 5.75 Å². The monoisotopic (exact) mass is 310 g/mol. The molecule has 0 atom stereocenters. The molecule has 5 heteroatoms. The van der Waals surface area contributed by atoms with E-state index in [-0.39, 0.29) is 11.5 Å². The van der Waals surface area contributed by atoms with Crippen LogP contribution in [0.3, 0.4) is 0 Å². The SMILES string of the molecule is CCCS(=O)(=O)CCNc1ccc(N2CCCCC2)cc1. The molecule has 0 bridgehead atoms. The smallest absolute Gasteiger partial charge is 0.152 e. The molecule has 1 aliphatic rings. The van der Waals surface area contributed by atoms with Gasteiger partial charge in [-0.2, -0.15) is 0 Å². The predicted octanol–water partition coefficient (Wildman–Crippen LogP) is 2.91. The molecule has 1 N–H and O–H groups in total. The Morgan fingerprint density at radius 1 is 1.05 bits per heavy atom. The van der Waals surface area contributed by atoms with Crippen molar-refractivity contribution in [2.24, 2.45) is 0 Å². The van der Waals surface area contributed by atoms with Gasteiger partial charge >= 0.3 is 0 Å². The lowest BCUT2D eigenvalue weighted by Crippen LogP contribution is -2.29. The highest BCUT2D eigenvalue weighted by molar-refractivity contribution is 7.91. The Morgan fingerprint density at radius 3 is 2.33 bits per heavy atom. The zero-order valence-electron chi connectivity index (χ0n) is 12.8. The molecule has 1 aliphatic heterocycles. The van der Waals surface area contributed by atoms with Gasteiger partial charge in [-0.1, -0.05) is 6.92 Å². The van der Waals surface area contributed by atoms with E-state index in [1.165, 1.54) is 24.9 Å². The van der Waals surface area contributed by atoms with Gasteiger partial charge in [-0.25, -0.2) is 8.42 Å². The van der Waals surface area contributed by atoms with Crippen LogP contribution in [-0.4, -0.2) is 39.6 Å². The number of benzene rings is 1. The van der Waals surface area contributed by atoms with E-state index in [2.05, 4.69) is 22.3 Å². The maximum atomic E-state index is 11.6. The number of rotatable bonds is 7. The van der Waals surface area contributed by atoms with Gasteiger partial charge in [0.25, 0.3) is 0 Å². The Bertz CT molecular complexity index is 520. The van der Waals surface area contributed by atoms with Gasteiger partial charge < -0.3 is 10.2 Å². The Kier molecular flexibility index (Phi) is 5.91. The van der Waals surface area contributed by atoms with E-state index in [0.717, 1.165) is 18.8 Å². The highest BCUT2D eigenvalue weighted by Gasteiger charge is 2.11. The fourth-order valence-electron chi connectivity index (χ4n) is 2.71. The van der Waals surface area contributed by atoms with Gasteiger partial charge in [-0.3, -0.25) is 0 Å². The quantitative estimate of drug-likeness (QED) is 0.841. The summed E-state index contributed by atoms with van der Waals surface area (Å²) in [5.74, 6) is 0.483. The summed E-state index contributed by atoms with van der Waals surface area (Å²) in [6.45, 7) is 4.65. The molecule has 0 radical (unpaired) electrons.